The summed E-state index contributed by atoms with van der Waals surface area (Å²) in [5.74, 6) is -0.172. The van der Waals surface area contributed by atoms with Gasteiger partial charge in [-0.05, 0) is 48.7 Å². The number of piperidine rings is 1. The van der Waals surface area contributed by atoms with Crippen LogP contribution in [0.25, 0.3) is 10.8 Å². The molecular weight excluding hydrogens is 430 g/mol. The fraction of sp³-hybridized carbons (Fsp3) is 0.296. The molecule has 7 nitrogen and oxygen atoms in total. The number of likely N-dealkylation sites (N-methyl/N-ethyl adjacent to an activating group) is 1. The van der Waals surface area contributed by atoms with Crippen LogP contribution in [-0.2, 0) is 9.59 Å². The highest BCUT2D eigenvalue weighted by atomic mass is 16.5. The summed E-state index contributed by atoms with van der Waals surface area (Å²) in [5, 5.41) is 7.56. The van der Waals surface area contributed by atoms with Crippen LogP contribution in [0.5, 0.6) is 5.75 Å². The van der Waals surface area contributed by atoms with Crippen molar-refractivity contribution < 1.29 is 19.1 Å². The molecule has 2 N–H and O–H groups in total. The minimum absolute atomic E-state index is 0.0462. The Kier molecular flexibility index (Phi) is 7.42. The van der Waals surface area contributed by atoms with Crippen LogP contribution in [0.2, 0.25) is 0 Å². The number of rotatable bonds is 7. The van der Waals surface area contributed by atoms with Crippen molar-refractivity contribution >= 4 is 34.2 Å². The third kappa shape index (κ3) is 5.54. The first kappa shape index (κ1) is 23.3. The van der Waals surface area contributed by atoms with Crippen LogP contribution in [0.4, 0.5) is 5.69 Å². The summed E-state index contributed by atoms with van der Waals surface area (Å²) >= 11 is 0. The molecule has 34 heavy (non-hydrogen) atoms. The van der Waals surface area contributed by atoms with Gasteiger partial charge in [0.25, 0.3) is 11.8 Å². The molecule has 0 spiro atoms. The molecule has 1 aliphatic heterocycles. The monoisotopic (exact) mass is 459 g/mol. The lowest BCUT2D eigenvalue weighted by Crippen LogP contribution is -2.43. The van der Waals surface area contributed by atoms with E-state index < -0.39 is 0 Å². The Balaban J connectivity index is 1.39. The van der Waals surface area contributed by atoms with E-state index in [0.717, 1.165) is 23.6 Å². The lowest BCUT2D eigenvalue weighted by Gasteiger charge is -2.32. The largest absolute Gasteiger partial charge is 0.484 e. The van der Waals surface area contributed by atoms with Gasteiger partial charge in [-0.1, -0.05) is 42.5 Å². The van der Waals surface area contributed by atoms with Crippen LogP contribution < -0.4 is 15.4 Å². The van der Waals surface area contributed by atoms with Gasteiger partial charge in [0.05, 0.1) is 5.92 Å². The number of likely N-dealkylation sites (tertiary alicyclic amines) is 1. The van der Waals surface area contributed by atoms with E-state index in [4.69, 9.17) is 4.74 Å². The zero-order chi connectivity index (χ0) is 23.9. The Hall–Kier alpha value is -3.87. The van der Waals surface area contributed by atoms with Gasteiger partial charge in [0.15, 0.2) is 6.61 Å². The third-order valence-corrected chi connectivity index (χ3v) is 5.94. The number of nitrogens with one attached hydrogen (secondary N) is 2. The molecular formula is C27H29N3O4. The van der Waals surface area contributed by atoms with Crippen molar-refractivity contribution in [3.63, 3.8) is 0 Å². The van der Waals surface area contributed by atoms with Crippen molar-refractivity contribution in [2.75, 3.05) is 31.6 Å². The van der Waals surface area contributed by atoms with Gasteiger partial charge in [-0.15, -0.1) is 0 Å². The molecule has 1 atom stereocenters. The lowest BCUT2D eigenvalue weighted by atomic mass is 9.95. The summed E-state index contributed by atoms with van der Waals surface area (Å²) in [7, 11) is 0. The zero-order valence-corrected chi connectivity index (χ0v) is 19.3. The molecule has 4 rings (SSSR count). The SMILES string of the molecule is CCNC(=O)COc1cccc(NC(=O)C2CCCN(C(=O)c3cccc4ccccc34)C2)c1. The van der Waals surface area contributed by atoms with Crippen molar-refractivity contribution in [1.82, 2.24) is 10.2 Å². The number of nitrogens with zero attached hydrogens (tertiary/aromatic N) is 1. The molecule has 3 aromatic rings. The maximum atomic E-state index is 13.3. The number of ether oxygens (including phenoxy) is 1. The third-order valence-electron chi connectivity index (χ3n) is 5.94. The quantitative estimate of drug-likeness (QED) is 0.562. The van der Waals surface area contributed by atoms with Crippen LogP contribution in [0.3, 0.4) is 0 Å². The molecule has 3 amide bonds. The maximum absolute atomic E-state index is 13.3. The van der Waals surface area contributed by atoms with Crippen LogP contribution in [0.1, 0.15) is 30.1 Å². The number of amides is 3. The molecule has 1 saturated heterocycles. The lowest BCUT2D eigenvalue weighted by molar-refractivity contribution is -0.123. The van der Waals surface area contributed by atoms with Crippen LogP contribution >= 0.6 is 0 Å². The van der Waals surface area contributed by atoms with Gasteiger partial charge in [0, 0.05) is 37.0 Å². The topological polar surface area (TPSA) is 87.7 Å². The summed E-state index contributed by atoms with van der Waals surface area (Å²) in [4.78, 5) is 39.7. The molecule has 1 aliphatic rings. The average Bonchev–Trinajstić information content (AvgIpc) is 2.87. The Bertz CT molecular complexity index is 1190. The molecule has 0 bridgehead atoms. The Labute approximate surface area is 199 Å². The Morgan fingerprint density at radius 3 is 2.68 bits per heavy atom. The van der Waals surface area contributed by atoms with Gasteiger partial charge in [-0.25, -0.2) is 0 Å². The van der Waals surface area contributed by atoms with Gasteiger partial charge < -0.3 is 20.3 Å². The molecule has 1 unspecified atom stereocenters. The summed E-state index contributed by atoms with van der Waals surface area (Å²) in [6.07, 6.45) is 1.49. The predicted octanol–water partition coefficient (Wildman–Crippen LogP) is 3.85. The Morgan fingerprint density at radius 2 is 1.82 bits per heavy atom. The smallest absolute Gasteiger partial charge is 0.257 e. The minimum atomic E-state index is -0.299. The van der Waals surface area contributed by atoms with E-state index in [-0.39, 0.29) is 30.2 Å². The second-order valence-corrected chi connectivity index (χ2v) is 8.38. The fourth-order valence-corrected chi connectivity index (χ4v) is 4.26. The molecule has 0 aromatic heterocycles. The highest BCUT2D eigenvalue weighted by molar-refractivity contribution is 6.07. The van der Waals surface area contributed by atoms with Crippen LogP contribution in [0.15, 0.2) is 66.7 Å². The average molecular weight is 460 g/mol. The number of benzene rings is 3. The van der Waals surface area contributed by atoms with E-state index >= 15 is 0 Å². The normalized spacial score (nSPS) is 15.6. The van der Waals surface area contributed by atoms with E-state index in [9.17, 15) is 14.4 Å². The molecule has 1 heterocycles. The number of hydrogen-bond donors (Lipinski definition) is 2. The van der Waals surface area contributed by atoms with E-state index in [1.54, 1.807) is 29.2 Å². The van der Waals surface area contributed by atoms with Crippen molar-refractivity contribution in [2.45, 2.75) is 19.8 Å². The van der Waals surface area contributed by atoms with E-state index in [1.807, 2.05) is 49.4 Å². The van der Waals surface area contributed by atoms with Crippen molar-refractivity contribution in [3.8, 4) is 5.75 Å². The molecule has 0 saturated carbocycles. The molecule has 7 heteroatoms. The standard InChI is InChI=1S/C27H29N3O4/c1-2-28-25(31)18-34-22-12-6-11-21(16-22)29-26(32)20-10-7-15-30(17-20)27(33)24-14-5-9-19-8-3-4-13-23(19)24/h3-6,8-9,11-14,16,20H,2,7,10,15,17-18H2,1H3,(H,28,31)(H,29,32). The predicted molar refractivity (Wildman–Crippen MR) is 132 cm³/mol. The maximum Gasteiger partial charge on any atom is 0.257 e. The highest BCUT2D eigenvalue weighted by Gasteiger charge is 2.29. The molecule has 0 aliphatic carbocycles. The van der Waals surface area contributed by atoms with Crippen molar-refractivity contribution in [2.24, 2.45) is 5.92 Å². The fourth-order valence-electron chi connectivity index (χ4n) is 4.26. The first-order chi connectivity index (χ1) is 16.5. The van der Waals surface area contributed by atoms with E-state index in [0.29, 0.717) is 36.6 Å². The summed E-state index contributed by atoms with van der Waals surface area (Å²) in [5.41, 5.74) is 1.26. The zero-order valence-electron chi connectivity index (χ0n) is 19.3. The summed E-state index contributed by atoms with van der Waals surface area (Å²) in [6, 6.07) is 20.5. The van der Waals surface area contributed by atoms with Crippen molar-refractivity contribution in [1.29, 1.82) is 0 Å². The molecule has 3 aromatic carbocycles. The van der Waals surface area contributed by atoms with E-state index in [1.165, 1.54) is 0 Å². The molecule has 1 fully saturated rings. The van der Waals surface area contributed by atoms with Crippen LogP contribution in [0, 0.1) is 5.92 Å². The van der Waals surface area contributed by atoms with Crippen LogP contribution in [-0.4, -0.2) is 48.9 Å². The van der Waals surface area contributed by atoms with E-state index in [2.05, 4.69) is 10.6 Å². The first-order valence-electron chi connectivity index (χ1n) is 11.6. The number of fused-ring (bicyclic) bond motifs is 1. The number of hydrogen-bond acceptors (Lipinski definition) is 4. The number of carbonyl (C=O) groups is 3. The number of carbonyl (C=O) groups excluding carboxylic acids is 3. The second kappa shape index (κ2) is 10.8. The Morgan fingerprint density at radius 1 is 1.03 bits per heavy atom. The van der Waals surface area contributed by atoms with Gasteiger partial charge in [-0.3, -0.25) is 14.4 Å². The highest BCUT2D eigenvalue weighted by Crippen LogP contribution is 2.25. The molecule has 0 radical (unpaired) electrons. The minimum Gasteiger partial charge on any atom is -0.484 e. The van der Waals surface area contributed by atoms with Gasteiger partial charge in [0.2, 0.25) is 5.91 Å². The second-order valence-electron chi connectivity index (χ2n) is 8.38. The molecule has 176 valence electrons. The summed E-state index contributed by atoms with van der Waals surface area (Å²) < 4.78 is 5.50. The van der Waals surface area contributed by atoms with Gasteiger partial charge in [-0.2, -0.15) is 0 Å². The summed E-state index contributed by atoms with van der Waals surface area (Å²) in [6.45, 7) is 3.31. The number of anilines is 1. The van der Waals surface area contributed by atoms with Gasteiger partial charge >= 0.3 is 0 Å². The van der Waals surface area contributed by atoms with Gasteiger partial charge in [0.1, 0.15) is 5.75 Å². The van der Waals surface area contributed by atoms with Crippen molar-refractivity contribution in [3.05, 3.63) is 72.3 Å². The first-order valence-corrected chi connectivity index (χ1v) is 11.6.